The first kappa shape index (κ1) is 28.4. The molecule has 4 rings (SSSR count). The van der Waals surface area contributed by atoms with Crippen LogP contribution >= 0.6 is 0 Å². The molecule has 7 heteroatoms. The highest BCUT2D eigenvalue weighted by molar-refractivity contribution is 7.92. The summed E-state index contributed by atoms with van der Waals surface area (Å²) in [6.07, 6.45) is -0.869. The van der Waals surface area contributed by atoms with E-state index in [1.54, 1.807) is 36.4 Å². The Balaban J connectivity index is 0.00000380. The Kier molecular flexibility index (Phi) is 10.3. The number of aryl methyl sites for hydroxylation is 1. The average Bonchev–Trinajstić information content (AvgIpc) is 2.89. The van der Waals surface area contributed by atoms with E-state index in [-0.39, 0.29) is 23.8 Å². The first-order valence-electron chi connectivity index (χ1n) is 12.2. The molecular weight excluding hydrogens is 504 g/mol. The number of nitrogens with one attached hydrogen (secondary N) is 1. The van der Waals surface area contributed by atoms with Gasteiger partial charge < -0.3 is 22.4 Å². The van der Waals surface area contributed by atoms with Gasteiger partial charge in [0.15, 0.2) is 0 Å². The largest absolute Gasteiger partial charge is 1.00 e. The van der Waals surface area contributed by atoms with Crippen molar-refractivity contribution in [3.63, 3.8) is 0 Å². The van der Waals surface area contributed by atoms with Crippen molar-refractivity contribution in [3.05, 3.63) is 132 Å². The molecule has 0 fully saturated rings. The van der Waals surface area contributed by atoms with Gasteiger partial charge in [0, 0.05) is 11.1 Å². The fraction of sp³-hybridized carbons (Fsp3) is 0.200. The molecule has 2 N–H and O–H groups in total. The SMILES string of the molecule is Cc1cccc(N(CC(O)C[NH+](Cc2ccccc2)Cc2ccccc2)S(=O)(=O)c2ccccc2)c1.[Cl-]. The van der Waals surface area contributed by atoms with E-state index < -0.39 is 16.1 Å². The van der Waals surface area contributed by atoms with Crippen molar-refractivity contribution in [1.29, 1.82) is 0 Å². The highest BCUT2D eigenvalue weighted by Crippen LogP contribution is 2.24. The van der Waals surface area contributed by atoms with E-state index in [1.807, 2.05) is 61.5 Å². The fourth-order valence-corrected chi connectivity index (χ4v) is 5.93. The molecule has 0 saturated carbocycles. The molecule has 0 aliphatic carbocycles. The second-order valence-electron chi connectivity index (χ2n) is 9.12. The van der Waals surface area contributed by atoms with Gasteiger partial charge in [-0.15, -0.1) is 0 Å². The number of aliphatic hydroxyl groups is 1. The molecule has 0 radical (unpaired) electrons. The Morgan fingerprint density at radius 1 is 0.757 bits per heavy atom. The zero-order valence-corrected chi connectivity index (χ0v) is 22.4. The minimum absolute atomic E-state index is 0. The van der Waals surface area contributed by atoms with E-state index in [2.05, 4.69) is 24.3 Å². The molecule has 37 heavy (non-hydrogen) atoms. The van der Waals surface area contributed by atoms with Gasteiger partial charge >= 0.3 is 0 Å². The van der Waals surface area contributed by atoms with Crippen molar-refractivity contribution < 1.29 is 30.8 Å². The molecule has 0 spiro atoms. The van der Waals surface area contributed by atoms with Crippen LogP contribution in [0.3, 0.4) is 0 Å². The minimum Gasteiger partial charge on any atom is -1.00 e. The summed E-state index contributed by atoms with van der Waals surface area (Å²) < 4.78 is 28.6. The van der Waals surface area contributed by atoms with E-state index in [9.17, 15) is 13.5 Å². The number of hydrogen-bond acceptors (Lipinski definition) is 3. The van der Waals surface area contributed by atoms with E-state index >= 15 is 0 Å². The number of hydrogen-bond donors (Lipinski definition) is 2. The molecule has 0 aromatic heterocycles. The maximum atomic E-state index is 13.7. The quantitative estimate of drug-likeness (QED) is 0.299. The lowest BCUT2D eigenvalue weighted by Gasteiger charge is -2.29. The molecule has 1 atom stereocenters. The molecule has 0 amide bonds. The molecule has 194 valence electrons. The molecule has 0 aliphatic rings. The smallest absolute Gasteiger partial charge is 0.264 e. The molecular formula is C30H33ClN2O3S. The molecule has 0 saturated heterocycles. The number of rotatable bonds is 11. The maximum absolute atomic E-state index is 13.7. The van der Waals surface area contributed by atoms with Gasteiger partial charge in [-0.2, -0.15) is 0 Å². The lowest BCUT2D eigenvalue weighted by Crippen LogP contribution is -3.10. The third-order valence-corrected chi connectivity index (χ3v) is 7.92. The Morgan fingerprint density at radius 2 is 1.27 bits per heavy atom. The van der Waals surface area contributed by atoms with Crippen molar-refractivity contribution in [3.8, 4) is 0 Å². The van der Waals surface area contributed by atoms with Crippen LogP contribution in [0.25, 0.3) is 0 Å². The highest BCUT2D eigenvalue weighted by Gasteiger charge is 2.29. The van der Waals surface area contributed by atoms with Crippen molar-refractivity contribution in [2.45, 2.75) is 31.0 Å². The number of halogens is 1. The zero-order chi connectivity index (χ0) is 25.4. The predicted octanol–water partition coefficient (Wildman–Crippen LogP) is 0.841. The second kappa shape index (κ2) is 13.4. The highest BCUT2D eigenvalue weighted by atomic mass is 35.5. The first-order valence-corrected chi connectivity index (χ1v) is 13.6. The van der Waals surface area contributed by atoms with Crippen LogP contribution in [0.4, 0.5) is 5.69 Å². The third kappa shape index (κ3) is 7.91. The van der Waals surface area contributed by atoms with E-state index in [4.69, 9.17) is 0 Å². The van der Waals surface area contributed by atoms with Gasteiger partial charge in [0.2, 0.25) is 0 Å². The van der Waals surface area contributed by atoms with Gasteiger partial charge in [-0.05, 0) is 36.8 Å². The van der Waals surface area contributed by atoms with E-state index in [1.165, 1.54) is 15.4 Å². The van der Waals surface area contributed by atoms with Gasteiger partial charge in [-0.3, -0.25) is 4.31 Å². The van der Waals surface area contributed by atoms with Gasteiger partial charge in [-0.25, -0.2) is 8.42 Å². The van der Waals surface area contributed by atoms with E-state index in [0.717, 1.165) is 23.6 Å². The topological polar surface area (TPSA) is 62.1 Å². The van der Waals surface area contributed by atoms with Crippen LogP contribution in [0.2, 0.25) is 0 Å². The number of quaternary nitrogens is 1. The number of benzene rings is 4. The number of aliphatic hydroxyl groups excluding tert-OH is 1. The molecule has 4 aromatic carbocycles. The summed E-state index contributed by atoms with van der Waals surface area (Å²) in [6.45, 7) is 3.74. The summed E-state index contributed by atoms with van der Waals surface area (Å²) in [4.78, 5) is 1.36. The van der Waals surface area contributed by atoms with Gasteiger partial charge in [-0.1, -0.05) is 91.0 Å². The Morgan fingerprint density at radius 3 is 1.78 bits per heavy atom. The lowest BCUT2D eigenvalue weighted by molar-refractivity contribution is -0.930. The van der Waals surface area contributed by atoms with Crippen LogP contribution in [0.15, 0.2) is 120 Å². The summed E-state index contributed by atoms with van der Waals surface area (Å²) >= 11 is 0. The molecule has 4 aromatic rings. The fourth-order valence-electron chi connectivity index (χ4n) is 4.41. The molecule has 0 aliphatic heterocycles. The molecule has 0 bridgehead atoms. The number of sulfonamides is 1. The monoisotopic (exact) mass is 536 g/mol. The van der Waals surface area contributed by atoms with Crippen LogP contribution < -0.4 is 21.6 Å². The van der Waals surface area contributed by atoms with Crippen molar-refractivity contribution >= 4 is 15.7 Å². The summed E-state index contributed by atoms with van der Waals surface area (Å²) in [5.74, 6) is 0. The Hall–Kier alpha value is -3.16. The summed E-state index contributed by atoms with van der Waals surface area (Å²) in [6, 6.07) is 36.1. The summed E-state index contributed by atoms with van der Waals surface area (Å²) in [7, 11) is -3.86. The molecule has 5 nitrogen and oxygen atoms in total. The van der Waals surface area contributed by atoms with Crippen LogP contribution in [0, 0.1) is 6.92 Å². The van der Waals surface area contributed by atoms with E-state index in [0.29, 0.717) is 12.2 Å². The summed E-state index contributed by atoms with van der Waals surface area (Å²) in [5, 5.41) is 11.3. The van der Waals surface area contributed by atoms with Gasteiger partial charge in [0.25, 0.3) is 10.0 Å². The van der Waals surface area contributed by atoms with Crippen LogP contribution in [0.5, 0.6) is 0 Å². The van der Waals surface area contributed by atoms with Crippen molar-refractivity contribution in [1.82, 2.24) is 0 Å². The average molecular weight is 537 g/mol. The number of anilines is 1. The zero-order valence-electron chi connectivity index (χ0n) is 20.9. The second-order valence-corrected chi connectivity index (χ2v) is 11.0. The molecule has 1 unspecified atom stereocenters. The van der Waals surface area contributed by atoms with Crippen molar-refractivity contribution in [2.24, 2.45) is 0 Å². The van der Waals surface area contributed by atoms with Crippen molar-refractivity contribution in [2.75, 3.05) is 17.4 Å². The third-order valence-electron chi connectivity index (χ3n) is 6.12. The maximum Gasteiger partial charge on any atom is 0.264 e. The van der Waals surface area contributed by atoms with Crippen LogP contribution in [-0.2, 0) is 23.1 Å². The Bertz CT molecular complexity index is 1300. The first-order chi connectivity index (χ1) is 17.4. The van der Waals surface area contributed by atoms with Gasteiger partial charge in [0.05, 0.1) is 17.1 Å². The molecule has 0 heterocycles. The minimum atomic E-state index is -3.86. The predicted molar refractivity (Wildman–Crippen MR) is 144 cm³/mol. The Labute approximate surface area is 226 Å². The standard InChI is InChI=1S/C30H32N2O3S.ClH/c1-25-12-11-17-28(20-25)32(36(34,35)30-18-9-4-10-19-30)24-29(33)23-31(21-26-13-5-2-6-14-26)22-27-15-7-3-8-16-27;/h2-20,29,33H,21-24H2,1H3;1H. The van der Waals surface area contributed by atoms with Gasteiger partial charge in [0.1, 0.15) is 25.7 Å². The number of nitrogens with zero attached hydrogens (tertiary/aromatic N) is 1. The van der Waals surface area contributed by atoms with Crippen LogP contribution in [-0.4, -0.2) is 32.7 Å². The normalized spacial score (nSPS) is 12.1. The summed E-state index contributed by atoms with van der Waals surface area (Å²) in [5.41, 5.74) is 3.84. The van der Waals surface area contributed by atoms with Crippen LogP contribution in [0.1, 0.15) is 16.7 Å². The lowest BCUT2D eigenvalue weighted by atomic mass is 10.1.